The highest BCUT2D eigenvalue weighted by molar-refractivity contribution is 5.76. The van der Waals surface area contributed by atoms with Gasteiger partial charge in [-0.3, -0.25) is 19.4 Å². The van der Waals surface area contributed by atoms with Crippen LogP contribution in [0.25, 0.3) is 0 Å². The van der Waals surface area contributed by atoms with E-state index in [1.54, 1.807) is 0 Å². The molecule has 0 bridgehead atoms. The Morgan fingerprint density at radius 3 is 2.17 bits per heavy atom. The van der Waals surface area contributed by atoms with E-state index in [1.165, 1.54) is 17.5 Å². The van der Waals surface area contributed by atoms with Crippen molar-refractivity contribution in [2.24, 2.45) is 5.92 Å². The number of carbonyl (C=O) groups excluding carboxylic acids is 1. The zero-order valence-electron chi connectivity index (χ0n) is 24.2. The maximum atomic E-state index is 13.2. The molecule has 216 valence electrons. The summed E-state index contributed by atoms with van der Waals surface area (Å²) in [5.41, 5.74) is 2.53. The molecular formula is C34H47N3O3. The quantitative estimate of drug-likeness (QED) is 0.431. The Bertz CT molecular complexity index is 1080. The zero-order valence-corrected chi connectivity index (χ0v) is 24.2. The van der Waals surface area contributed by atoms with E-state index in [9.17, 15) is 14.7 Å². The fourth-order valence-electron chi connectivity index (χ4n) is 7.75. The minimum Gasteiger partial charge on any atom is -0.480 e. The second-order valence-electron chi connectivity index (χ2n) is 12.2. The number of carbonyl (C=O) groups is 2. The van der Waals surface area contributed by atoms with Gasteiger partial charge in [-0.2, -0.15) is 0 Å². The summed E-state index contributed by atoms with van der Waals surface area (Å²) in [5, 5.41) is 10.3. The van der Waals surface area contributed by atoms with E-state index >= 15 is 0 Å². The van der Waals surface area contributed by atoms with Crippen molar-refractivity contribution in [1.82, 2.24) is 14.7 Å². The number of carboxylic acids is 1. The average molecular weight is 546 g/mol. The first-order valence-electron chi connectivity index (χ1n) is 15.6. The number of rotatable bonds is 10. The number of benzene rings is 2. The largest absolute Gasteiger partial charge is 0.480 e. The van der Waals surface area contributed by atoms with Crippen molar-refractivity contribution in [3.63, 3.8) is 0 Å². The Hall–Kier alpha value is -2.70. The number of amides is 1. The second kappa shape index (κ2) is 13.8. The van der Waals surface area contributed by atoms with Crippen LogP contribution in [0, 0.1) is 5.92 Å². The number of piperidine rings is 1. The van der Waals surface area contributed by atoms with Crippen LogP contribution in [-0.4, -0.2) is 82.5 Å². The molecule has 3 aliphatic rings. The van der Waals surface area contributed by atoms with Crippen molar-refractivity contribution < 1.29 is 14.7 Å². The first-order valence-corrected chi connectivity index (χ1v) is 15.6. The third-order valence-corrected chi connectivity index (χ3v) is 9.83. The standard InChI is InChI=1S/C34H47N3O3/c1-2-37(32(38)19-18-26-12-6-3-7-13-26)29-20-22-35(23-21-29)31-25-36(24-30(31)27-14-8-4-9-15-27)33(34(39)40)28-16-10-5-11-17-28/h3-4,6-9,12-15,28-31,33H,2,5,10-11,16-25H2,1H3,(H,39,40). The topological polar surface area (TPSA) is 64.1 Å². The molecule has 40 heavy (non-hydrogen) atoms. The van der Waals surface area contributed by atoms with Gasteiger partial charge in [-0.15, -0.1) is 0 Å². The summed E-state index contributed by atoms with van der Waals surface area (Å²) in [6.07, 6.45) is 8.91. The molecule has 0 radical (unpaired) electrons. The van der Waals surface area contributed by atoms with E-state index in [1.807, 2.05) is 18.2 Å². The number of hydrogen-bond donors (Lipinski definition) is 1. The first kappa shape index (κ1) is 28.8. The van der Waals surface area contributed by atoms with Crippen LogP contribution in [0.15, 0.2) is 60.7 Å². The van der Waals surface area contributed by atoms with Gasteiger partial charge in [-0.25, -0.2) is 0 Å². The molecule has 2 heterocycles. The second-order valence-corrected chi connectivity index (χ2v) is 12.2. The summed E-state index contributed by atoms with van der Waals surface area (Å²) in [6, 6.07) is 21.2. The highest BCUT2D eigenvalue weighted by atomic mass is 16.4. The molecule has 1 aliphatic carbocycles. The molecule has 3 fully saturated rings. The van der Waals surface area contributed by atoms with E-state index in [4.69, 9.17) is 0 Å². The van der Waals surface area contributed by atoms with Gasteiger partial charge >= 0.3 is 5.97 Å². The molecule has 2 aromatic carbocycles. The Morgan fingerprint density at radius 1 is 0.900 bits per heavy atom. The molecule has 3 unspecified atom stereocenters. The van der Waals surface area contributed by atoms with Gasteiger partial charge in [-0.05, 0) is 56.1 Å². The molecule has 0 spiro atoms. The van der Waals surface area contributed by atoms with E-state index in [2.05, 4.69) is 64.1 Å². The minimum absolute atomic E-state index is 0.257. The molecule has 1 amide bonds. The number of hydrogen-bond acceptors (Lipinski definition) is 4. The molecule has 1 N–H and O–H groups in total. The van der Waals surface area contributed by atoms with E-state index in [0.29, 0.717) is 18.4 Å². The molecule has 2 aromatic rings. The maximum absolute atomic E-state index is 13.2. The van der Waals surface area contributed by atoms with Gasteiger partial charge in [0.05, 0.1) is 0 Å². The number of likely N-dealkylation sites (tertiary alicyclic amines) is 2. The molecule has 3 atom stereocenters. The summed E-state index contributed by atoms with van der Waals surface area (Å²) in [5.74, 6) is 0.173. The summed E-state index contributed by atoms with van der Waals surface area (Å²) in [6.45, 7) is 6.38. The highest BCUT2D eigenvalue weighted by Crippen LogP contribution is 2.38. The first-order chi connectivity index (χ1) is 19.5. The summed E-state index contributed by atoms with van der Waals surface area (Å²) < 4.78 is 0. The molecular weight excluding hydrogens is 498 g/mol. The van der Waals surface area contributed by atoms with Gasteiger partial charge in [0.2, 0.25) is 5.91 Å². The van der Waals surface area contributed by atoms with Crippen molar-refractivity contribution >= 4 is 11.9 Å². The smallest absolute Gasteiger partial charge is 0.321 e. The van der Waals surface area contributed by atoms with Gasteiger partial charge in [0.1, 0.15) is 6.04 Å². The molecule has 2 aliphatic heterocycles. The predicted octanol–water partition coefficient (Wildman–Crippen LogP) is 5.43. The Labute approximate surface area is 240 Å². The zero-order chi connectivity index (χ0) is 27.9. The molecule has 1 saturated carbocycles. The normalized spacial score (nSPS) is 24.1. The Kier molecular flexibility index (Phi) is 9.92. The van der Waals surface area contributed by atoms with Gasteiger partial charge in [-0.1, -0.05) is 79.9 Å². The number of nitrogens with zero attached hydrogens (tertiary/aromatic N) is 3. The SMILES string of the molecule is CCN(C(=O)CCc1ccccc1)C1CCN(C2CN(C(C(=O)O)C3CCCCC3)CC2c2ccccc2)CC1. The molecule has 6 nitrogen and oxygen atoms in total. The number of carboxylic acid groups (broad SMARTS) is 1. The van der Waals surface area contributed by atoms with Crippen LogP contribution in [-0.2, 0) is 16.0 Å². The summed E-state index contributed by atoms with van der Waals surface area (Å²) >= 11 is 0. The molecule has 2 saturated heterocycles. The van der Waals surface area contributed by atoms with Crippen LogP contribution < -0.4 is 0 Å². The van der Waals surface area contributed by atoms with Crippen molar-refractivity contribution in [1.29, 1.82) is 0 Å². The van der Waals surface area contributed by atoms with Crippen molar-refractivity contribution in [2.45, 2.75) is 88.8 Å². The Balaban J connectivity index is 1.24. The van der Waals surface area contributed by atoms with E-state index < -0.39 is 5.97 Å². The monoisotopic (exact) mass is 545 g/mol. The van der Waals surface area contributed by atoms with Crippen LogP contribution in [0.2, 0.25) is 0 Å². The number of aliphatic carboxylic acids is 1. The molecule has 0 aromatic heterocycles. The van der Waals surface area contributed by atoms with Gasteiger partial charge in [0.15, 0.2) is 0 Å². The van der Waals surface area contributed by atoms with Crippen LogP contribution in [0.5, 0.6) is 0 Å². The molecule has 6 heteroatoms. The van der Waals surface area contributed by atoms with Crippen LogP contribution in [0.3, 0.4) is 0 Å². The minimum atomic E-state index is -0.648. The van der Waals surface area contributed by atoms with Crippen LogP contribution >= 0.6 is 0 Å². The fourth-order valence-corrected chi connectivity index (χ4v) is 7.75. The lowest BCUT2D eigenvalue weighted by molar-refractivity contribution is -0.145. The lowest BCUT2D eigenvalue weighted by atomic mass is 9.83. The van der Waals surface area contributed by atoms with Crippen molar-refractivity contribution in [2.75, 3.05) is 32.7 Å². The lowest BCUT2D eigenvalue weighted by Crippen LogP contribution is -2.52. The van der Waals surface area contributed by atoms with Crippen molar-refractivity contribution in [3.05, 3.63) is 71.8 Å². The summed E-state index contributed by atoms with van der Waals surface area (Å²) in [4.78, 5) is 32.8. The van der Waals surface area contributed by atoms with Crippen LogP contribution in [0.4, 0.5) is 0 Å². The van der Waals surface area contributed by atoms with Gasteiger partial charge in [0, 0.05) is 57.1 Å². The van der Waals surface area contributed by atoms with Crippen molar-refractivity contribution in [3.8, 4) is 0 Å². The average Bonchev–Trinajstić information content (AvgIpc) is 3.43. The summed E-state index contributed by atoms with van der Waals surface area (Å²) in [7, 11) is 0. The Morgan fingerprint density at radius 2 is 1.55 bits per heavy atom. The third-order valence-electron chi connectivity index (χ3n) is 9.83. The third kappa shape index (κ3) is 6.77. The fraction of sp³-hybridized carbons (Fsp3) is 0.588. The van der Waals surface area contributed by atoms with Crippen LogP contribution in [0.1, 0.15) is 75.3 Å². The maximum Gasteiger partial charge on any atom is 0.321 e. The number of aryl methyl sites for hydroxylation is 1. The highest BCUT2D eigenvalue weighted by Gasteiger charge is 2.45. The predicted molar refractivity (Wildman–Crippen MR) is 159 cm³/mol. The molecule has 5 rings (SSSR count). The van der Waals surface area contributed by atoms with Gasteiger partial charge in [0.25, 0.3) is 0 Å². The van der Waals surface area contributed by atoms with Gasteiger partial charge < -0.3 is 10.0 Å². The lowest BCUT2D eigenvalue weighted by Gasteiger charge is -2.42. The van der Waals surface area contributed by atoms with E-state index in [0.717, 1.165) is 77.7 Å². The van der Waals surface area contributed by atoms with E-state index in [-0.39, 0.29) is 23.9 Å².